The van der Waals surface area contributed by atoms with Crippen LogP contribution in [0.3, 0.4) is 0 Å². The molecule has 1 aromatic carbocycles. The second-order valence-corrected chi connectivity index (χ2v) is 7.52. The molecule has 1 aromatic rings. The molecule has 0 bridgehead atoms. The van der Waals surface area contributed by atoms with Gasteiger partial charge in [0, 0.05) is 7.11 Å². The minimum atomic E-state index is -0.690. The molecular formula is C19H30N2O2. The van der Waals surface area contributed by atoms with Crippen molar-refractivity contribution in [2.24, 2.45) is 0 Å². The number of hydrogen-bond donors (Lipinski definition) is 2. The number of rotatable bonds is 4. The van der Waals surface area contributed by atoms with Crippen molar-refractivity contribution in [3.05, 3.63) is 35.4 Å². The van der Waals surface area contributed by atoms with E-state index in [4.69, 9.17) is 4.74 Å². The highest BCUT2D eigenvalue weighted by Gasteiger charge is 2.40. The van der Waals surface area contributed by atoms with Crippen LogP contribution in [0.4, 0.5) is 0 Å². The number of piperidine rings is 1. The van der Waals surface area contributed by atoms with Gasteiger partial charge in [-0.1, -0.05) is 45.0 Å². The van der Waals surface area contributed by atoms with Gasteiger partial charge in [0.05, 0.1) is 6.04 Å². The molecule has 1 atom stereocenters. The molecular weight excluding hydrogens is 288 g/mol. The average molecular weight is 318 g/mol. The second kappa shape index (κ2) is 7.02. The van der Waals surface area contributed by atoms with Crippen LogP contribution in [0.5, 0.6) is 0 Å². The van der Waals surface area contributed by atoms with Crippen molar-refractivity contribution in [2.75, 3.05) is 20.2 Å². The van der Waals surface area contributed by atoms with Crippen LogP contribution >= 0.6 is 0 Å². The molecule has 0 aromatic heterocycles. The molecule has 4 heteroatoms. The van der Waals surface area contributed by atoms with Crippen LogP contribution in [0.15, 0.2) is 24.3 Å². The first-order valence-electron chi connectivity index (χ1n) is 8.46. The summed E-state index contributed by atoms with van der Waals surface area (Å²) < 4.78 is 5.59. The van der Waals surface area contributed by atoms with Gasteiger partial charge >= 0.3 is 0 Å². The number of methoxy groups -OCH3 is 1. The number of nitrogens with one attached hydrogen (secondary N) is 2. The standard InChI is InChI=1S/C19H30N2O2/c1-14(15-6-8-16(9-7-15)18(2,3)4)21-17(22)19(23-5)10-12-20-13-11-19/h6-9,14,20H,10-13H2,1-5H3,(H,21,22). The predicted molar refractivity (Wildman–Crippen MR) is 93.5 cm³/mol. The lowest BCUT2D eigenvalue weighted by molar-refractivity contribution is -0.147. The fourth-order valence-corrected chi connectivity index (χ4v) is 3.04. The highest BCUT2D eigenvalue weighted by molar-refractivity contribution is 5.85. The smallest absolute Gasteiger partial charge is 0.252 e. The minimum absolute atomic E-state index is 0.00565. The van der Waals surface area contributed by atoms with Gasteiger partial charge in [0.15, 0.2) is 0 Å². The number of carbonyl (C=O) groups is 1. The van der Waals surface area contributed by atoms with E-state index < -0.39 is 5.60 Å². The monoisotopic (exact) mass is 318 g/mol. The van der Waals surface area contributed by atoms with E-state index in [9.17, 15) is 4.79 Å². The van der Waals surface area contributed by atoms with Crippen molar-refractivity contribution < 1.29 is 9.53 Å². The molecule has 2 rings (SSSR count). The van der Waals surface area contributed by atoms with Gasteiger partial charge < -0.3 is 15.4 Å². The van der Waals surface area contributed by atoms with E-state index in [0.29, 0.717) is 12.8 Å². The molecule has 4 nitrogen and oxygen atoms in total. The summed E-state index contributed by atoms with van der Waals surface area (Å²) in [7, 11) is 1.63. The summed E-state index contributed by atoms with van der Waals surface area (Å²) in [6, 6.07) is 8.47. The molecule has 1 fully saturated rings. The van der Waals surface area contributed by atoms with Crippen LogP contribution in [0.2, 0.25) is 0 Å². The Morgan fingerprint density at radius 3 is 2.26 bits per heavy atom. The van der Waals surface area contributed by atoms with Gasteiger partial charge in [-0.2, -0.15) is 0 Å². The topological polar surface area (TPSA) is 50.4 Å². The van der Waals surface area contributed by atoms with E-state index in [2.05, 4.69) is 55.7 Å². The molecule has 0 radical (unpaired) electrons. The summed E-state index contributed by atoms with van der Waals surface area (Å²) >= 11 is 0. The second-order valence-electron chi connectivity index (χ2n) is 7.52. The third kappa shape index (κ3) is 4.12. The van der Waals surface area contributed by atoms with E-state index in [1.54, 1.807) is 7.11 Å². The van der Waals surface area contributed by atoms with E-state index in [1.807, 2.05) is 6.92 Å². The fraction of sp³-hybridized carbons (Fsp3) is 0.632. The fourth-order valence-electron chi connectivity index (χ4n) is 3.04. The zero-order chi connectivity index (χ0) is 17.1. The van der Waals surface area contributed by atoms with E-state index in [-0.39, 0.29) is 17.4 Å². The van der Waals surface area contributed by atoms with Gasteiger partial charge in [0.1, 0.15) is 5.60 Å². The Hall–Kier alpha value is -1.39. The molecule has 128 valence electrons. The quantitative estimate of drug-likeness (QED) is 0.897. The number of amides is 1. The van der Waals surface area contributed by atoms with Crippen LogP contribution in [0, 0.1) is 0 Å². The maximum absolute atomic E-state index is 12.7. The maximum Gasteiger partial charge on any atom is 0.252 e. The Balaban J connectivity index is 2.06. The highest BCUT2D eigenvalue weighted by atomic mass is 16.5. The largest absolute Gasteiger partial charge is 0.368 e. The van der Waals surface area contributed by atoms with E-state index in [0.717, 1.165) is 18.7 Å². The molecule has 1 heterocycles. The van der Waals surface area contributed by atoms with Crippen molar-refractivity contribution in [3.63, 3.8) is 0 Å². The van der Waals surface area contributed by atoms with Gasteiger partial charge in [-0.05, 0) is 49.4 Å². The predicted octanol–water partition coefficient (Wildman–Crippen LogP) is 2.93. The van der Waals surface area contributed by atoms with Crippen LogP contribution in [-0.2, 0) is 14.9 Å². The SMILES string of the molecule is COC1(C(=O)NC(C)c2ccc(C(C)(C)C)cc2)CCNCC1. The lowest BCUT2D eigenvalue weighted by atomic mass is 9.86. The molecule has 1 amide bonds. The first kappa shape index (κ1) is 18.0. The number of ether oxygens (including phenoxy) is 1. The molecule has 1 saturated heterocycles. The summed E-state index contributed by atoms with van der Waals surface area (Å²) in [5.41, 5.74) is 1.86. The van der Waals surface area contributed by atoms with E-state index in [1.165, 1.54) is 5.56 Å². The molecule has 0 aliphatic carbocycles. The lowest BCUT2D eigenvalue weighted by Gasteiger charge is -2.35. The summed E-state index contributed by atoms with van der Waals surface area (Å²) in [4.78, 5) is 12.7. The molecule has 1 aliphatic heterocycles. The number of carbonyl (C=O) groups excluding carboxylic acids is 1. The van der Waals surface area contributed by atoms with Crippen molar-refractivity contribution in [1.82, 2.24) is 10.6 Å². The van der Waals surface area contributed by atoms with Gasteiger partial charge in [0.25, 0.3) is 5.91 Å². The first-order chi connectivity index (χ1) is 10.8. The third-order valence-electron chi connectivity index (χ3n) is 4.84. The Morgan fingerprint density at radius 2 is 1.78 bits per heavy atom. The summed E-state index contributed by atoms with van der Waals surface area (Å²) in [6.07, 6.45) is 1.43. The molecule has 23 heavy (non-hydrogen) atoms. The molecule has 1 aliphatic rings. The van der Waals surface area contributed by atoms with Gasteiger partial charge in [-0.25, -0.2) is 0 Å². The first-order valence-corrected chi connectivity index (χ1v) is 8.46. The van der Waals surface area contributed by atoms with Crippen LogP contribution in [-0.4, -0.2) is 31.7 Å². The Morgan fingerprint density at radius 1 is 1.22 bits per heavy atom. The summed E-state index contributed by atoms with van der Waals surface area (Å²) in [5.74, 6) is -0.00565. The summed E-state index contributed by atoms with van der Waals surface area (Å²) in [6.45, 7) is 10.3. The lowest BCUT2D eigenvalue weighted by Crippen LogP contribution is -2.54. The average Bonchev–Trinajstić information content (AvgIpc) is 2.54. The maximum atomic E-state index is 12.7. The van der Waals surface area contributed by atoms with Crippen LogP contribution in [0.1, 0.15) is 57.7 Å². The molecule has 0 spiro atoms. The Labute approximate surface area is 140 Å². The zero-order valence-corrected chi connectivity index (χ0v) is 15.0. The third-order valence-corrected chi connectivity index (χ3v) is 4.84. The van der Waals surface area contributed by atoms with Gasteiger partial charge in [-0.15, -0.1) is 0 Å². The molecule has 1 unspecified atom stereocenters. The van der Waals surface area contributed by atoms with Crippen molar-refractivity contribution in [1.29, 1.82) is 0 Å². The van der Waals surface area contributed by atoms with Crippen LogP contribution < -0.4 is 10.6 Å². The molecule has 0 saturated carbocycles. The number of benzene rings is 1. The van der Waals surface area contributed by atoms with Crippen molar-refractivity contribution in [3.8, 4) is 0 Å². The summed E-state index contributed by atoms with van der Waals surface area (Å²) in [5, 5.41) is 6.40. The van der Waals surface area contributed by atoms with Crippen molar-refractivity contribution >= 4 is 5.91 Å². The van der Waals surface area contributed by atoms with Crippen LogP contribution in [0.25, 0.3) is 0 Å². The normalized spacial score (nSPS) is 19.2. The molecule has 2 N–H and O–H groups in total. The van der Waals surface area contributed by atoms with Crippen molar-refractivity contribution in [2.45, 2.75) is 57.6 Å². The highest BCUT2D eigenvalue weighted by Crippen LogP contribution is 2.26. The Kier molecular flexibility index (Phi) is 5.48. The van der Waals surface area contributed by atoms with Gasteiger partial charge in [-0.3, -0.25) is 4.79 Å². The zero-order valence-electron chi connectivity index (χ0n) is 15.0. The number of hydrogen-bond acceptors (Lipinski definition) is 3. The Bertz CT molecular complexity index is 525. The van der Waals surface area contributed by atoms with E-state index >= 15 is 0 Å². The minimum Gasteiger partial charge on any atom is -0.368 e. The van der Waals surface area contributed by atoms with Gasteiger partial charge in [0.2, 0.25) is 0 Å².